The van der Waals surface area contributed by atoms with E-state index in [2.05, 4.69) is 0 Å². The Morgan fingerprint density at radius 3 is 2.36 bits per heavy atom. The molecule has 6 heteroatoms. The van der Waals surface area contributed by atoms with Gasteiger partial charge >= 0.3 is 5.97 Å². The van der Waals surface area contributed by atoms with Gasteiger partial charge in [0.1, 0.15) is 5.75 Å². The number of hydrogen-bond donors (Lipinski definition) is 1. The third kappa shape index (κ3) is 4.84. The van der Waals surface area contributed by atoms with Crippen LogP contribution in [0.5, 0.6) is 17.2 Å². The van der Waals surface area contributed by atoms with Gasteiger partial charge in [-0.2, -0.15) is 0 Å². The van der Waals surface area contributed by atoms with Crippen LogP contribution in [-0.2, 0) is 4.79 Å². The lowest BCUT2D eigenvalue weighted by Gasteiger charge is -2.09. The molecule has 25 heavy (non-hydrogen) atoms. The highest BCUT2D eigenvalue weighted by Gasteiger charge is 2.08. The summed E-state index contributed by atoms with van der Waals surface area (Å²) in [5.74, 6) is 0.255. The van der Waals surface area contributed by atoms with E-state index in [0.29, 0.717) is 22.8 Å². The summed E-state index contributed by atoms with van der Waals surface area (Å²) in [6, 6.07) is 11.6. The molecule has 0 spiro atoms. The van der Waals surface area contributed by atoms with E-state index in [9.17, 15) is 9.59 Å². The van der Waals surface area contributed by atoms with Crippen LogP contribution in [0.3, 0.4) is 0 Å². The van der Waals surface area contributed by atoms with Crippen molar-refractivity contribution in [1.29, 1.82) is 0 Å². The lowest BCUT2D eigenvalue weighted by atomic mass is 10.1. The van der Waals surface area contributed by atoms with Crippen molar-refractivity contribution in [1.82, 2.24) is 0 Å². The molecule has 2 aromatic rings. The fourth-order valence-electron chi connectivity index (χ4n) is 2.17. The van der Waals surface area contributed by atoms with E-state index in [0.717, 1.165) is 5.56 Å². The summed E-state index contributed by atoms with van der Waals surface area (Å²) in [6.45, 7) is -0.428. The normalized spacial score (nSPS) is 10.5. The van der Waals surface area contributed by atoms with Crippen LogP contribution in [0.1, 0.15) is 15.9 Å². The number of carboxylic acids is 1. The first-order valence-electron chi connectivity index (χ1n) is 7.43. The maximum atomic E-state index is 12.3. The van der Waals surface area contributed by atoms with E-state index in [1.165, 1.54) is 13.2 Å². The van der Waals surface area contributed by atoms with E-state index in [4.69, 9.17) is 19.3 Å². The van der Waals surface area contributed by atoms with Gasteiger partial charge in [0.2, 0.25) is 0 Å². The van der Waals surface area contributed by atoms with Crippen molar-refractivity contribution in [3.63, 3.8) is 0 Å². The number of benzene rings is 2. The summed E-state index contributed by atoms with van der Waals surface area (Å²) >= 11 is 0. The van der Waals surface area contributed by atoms with Gasteiger partial charge in [0, 0.05) is 11.1 Å². The minimum atomic E-state index is -1.06. The highest BCUT2D eigenvalue weighted by Crippen LogP contribution is 2.31. The number of methoxy groups -OCH3 is 2. The molecule has 0 unspecified atom stereocenters. The number of carbonyl (C=O) groups excluding carboxylic acids is 1. The van der Waals surface area contributed by atoms with Gasteiger partial charge in [0.15, 0.2) is 23.9 Å². The second-order valence-electron chi connectivity index (χ2n) is 4.99. The average molecular weight is 342 g/mol. The van der Waals surface area contributed by atoms with E-state index >= 15 is 0 Å². The van der Waals surface area contributed by atoms with Crippen LogP contribution < -0.4 is 14.2 Å². The number of hydrogen-bond acceptors (Lipinski definition) is 5. The molecule has 0 aliphatic rings. The zero-order chi connectivity index (χ0) is 18.2. The van der Waals surface area contributed by atoms with Crippen LogP contribution in [0.25, 0.3) is 6.08 Å². The van der Waals surface area contributed by atoms with Crippen LogP contribution >= 0.6 is 0 Å². The van der Waals surface area contributed by atoms with Crippen molar-refractivity contribution in [2.45, 2.75) is 0 Å². The Kier molecular flexibility index (Phi) is 6.17. The summed E-state index contributed by atoms with van der Waals surface area (Å²) in [4.78, 5) is 22.7. The van der Waals surface area contributed by atoms with Crippen molar-refractivity contribution in [3.05, 3.63) is 59.7 Å². The van der Waals surface area contributed by atoms with Gasteiger partial charge in [-0.25, -0.2) is 4.79 Å². The minimum Gasteiger partial charge on any atom is -0.493 e. The molecule has 0 bridgehead atoms. The van der Waals surface area contributed by atoms with Crippen LogP contribution in [0, 0.1) is 0 Å². The topological polar surface area (TPSA) is 82.1 Å². The second-order valence-corrected chi connectivity index (χ2v) is 4.99. The second kappa shape index (κ2) is 8.54. The highest BCUT2D eigenvalue weighted by molar-refractivity contribution is 6.07. The molecule has 0 aromatic heterocycles. The fourth-order valence-corrected chi connectivity index (χ4v) is 2.17. The maximum Gasteiger partial charge on any atom is 0.341 e. The monoisotopic (exact) mass is 342 g/mol. The van der Waals surface area contributed by atoms with Crippen molar-refractivity contribution in [2.75, 3.05) is 20.8 Å². The molecule has 0 heterocycles. The zero-order valence-corrected chi connectivity index (χ0v) is 13.9. The largest absolute Gasteiger partial charge is 0.493 e. The predicted molar refractivity (Wildman–Crippen MR) is 92.5 cm³/mol. The Bertz CT molecular complexity index is 777. The highest BCUT2D eigenvalue weighted by atomic mass is 16.5. The molecule has 0 radical (unpaired) electrons. The summed E-state index contributed by atoms with van der Waals surface area (Å²) in [6.07, 6.45) is 3.09. The number of allylic oxidation sites excluding steroid dienone is 1. The first-order chi connectivity index (χ1) is 12.0. The SMILES string of the molecule is COc1cccc(/C=C/C(=O)c2ccc(OCC(=O)O)cc2)c1OC. The number of carboxylic acid groups (broad SMARTS) is 1. The Morgan fingerprint density at radius 1 is 1.04 bits per heavy atom. The molecule has 0 saturated carbocycles. The molecule has 0 fully saturated rings. The smallest absolute Gasteiger partial charge is 0.341 e. The third-order valence-corrected chi connectivity index (χ3v) is 3.35. The Morgan fingerprint density at radius 2 is 1.76 bits per heavy atom. The molecular weight excluding hydrogens is 324 g/mol. The number of carbonyl (C=O) groups is 2. The number of para-hydroxylation sites is 1. The Balaban J connectivity index is 2.11. The van der Waals surface area contributed by atoms with Gasteiger partial charge in [-0.05, 0) is 42.5 Å². The Hall–Kier alpha value is -3.28. The molecular formula is C19H18O6. The van der Waals surface area contributed by atoms with Gasteiger partial charge in [-0.15, -0.1) is 0 Å². The van der Waals surface area contributed by atoms with Crippen LogP contribution in [0.15, 0.2) is 48.5 Å². The predicted octanol–water partition coefficient (Wildman–Crippen LogP) is 3.06. The lowest BCUT2D eigenvalue weighted by Crippen LogP contribution is -2.09. The van der Waals surface area contributed by atoms with Crippen molar-refractivity contribution in [3.8, 4) is 17.2 Å². The fraction of sp³-hybridized carbons (Fsp3) is 0.158. The molecule has 0 amide bonds. The Labute approximate surface area is 145 Å². The summed E-state index contributed by atoms with van der Waals surface area (Å²) < 4.78 is 15.6. The molecule has 0 atom stereocenters. The van der Waals surface area contributed by atoms with Gasteiger partial charge in [-0.1, -0.05) is 12.1 Å². The molecule has 2 rings (SSSR count). The van der Waals surface area contributed by atoms with Crippen molar-refractivity contribution < 1.29 is 28.9 Å². The third-order valence-electron chi connectivity index (χ3n) is 3.35. The maximum absolute atomic E-state index is 12.3. The van der Waals surface area contributed by atoms with E-state index < -0.39 is 12.6 Å². The van der Waals surface area contributed by atoms with Gasteiger partial charge in [-0.3, -0.25) is 4.79 Å². The van der Waals surface area contributed by atoms with Gasteiger partial charge in [0.05, 0.1) is 14.2 Å². The van der Waals surface area contributed by atoms with Crippen LogP contribution in [0.2, 0.25) is 0 Å². The van der Waals surface area contributed by atoms with Gasteiger partial charge in [0.25, 0.3) is 0 Å². The molecule has 6 nitrogen and oxygen atoms in total. The zero-order valence-electron chi connectivity index (χ0n) is 13.9. The lowest BCUT2D eigenvalue weighted by molar-refractivity contribution is -0.139. The van der Waals surface area contributed by atoms with E-state index in [1.807, 2.05) is 6.07 Å². The van der Waals surface area contributed by atoms with Crippen LogP contribution in [0.4, 0.5) is 0 Å². The molecule has 130 valence electrons. The molecule has 2 aromatic carbocycles. The molecule has 0 aliphatic carbocycles. The number of ketones is 1. The minimum absolute atomic E-state index is 0.199. The summed E-state index contributed by atoms with van der Waals surface area (Å²) in [5, 5.41) is 8.57. The first-order valence-corrected chi connectivity index (χ1v) is 7.43. The quantitative estimate of drug-likeness (QED) is 0.586. The summed E-state index contributed by atoms with van der Waals surface area (Å²) in [5.41, 5.74) is 1.18. The average Bonchev–Trinajstić information content (AvgIpc) is 2.64. The molecule has 0 aliphatic heterocycles. The van der Waals surface area contributed by atoms with Crippen LogP contribution in [-0.4, -0.2) is 37.7 Å². The number of rotatable bonds is 8. The first kappa shape index (κ1) is 18.1. The van der Waals surface area contributed by atoms with Crippen molar-refractivity contribution >= 4 is 17.8 Å². The standard InChI is InChI=1S/C19H18O6/c1-23-17-5-3-4-14(19(17)24-2)8-11-16(20)13-6-9-15(10-7-13)25-12-18(21)22/h3-11H,12H2,1-2H3,(H,21,22)/b11-8+. The number of aliphatic carboxylic acids is 1. The van der Waals surface area contributed by atoms with Gasteiger partial charge < -0.3 is 19.3 Å². The molecule has 1 N–H and O–H groups in total. The number of ether oxygens (including phenoxy) is 3. The summed E-state index contributed by atoms with van der Waals surface area (Å²) in [7, 11) is 3.08. The van der Waals surface area contributed by atoms with E-state index in [-0.39, 0.29) is 5.78 Å². The van der Waals surface area contributed by atoms with E-state index in [1.54, 1.807) is 49.6 Å². The molecule has 0 saturated heterocycles. The van der Waals surface area contributed by atoms with Crippen molar-refractivity contribution in [2.24, 2.45) is 0 Å².